The van der Waals surface area contributed by atoms with Crippen LogP contribution in [-0.2, 0) is 9.59 Å². The van der Waals surface area contributed by atoms with E-state index >= 15 is 0 Å². The standard InChI is InChI=1S/C10H8ClFO3/c1-5-2-3-6(4-7(5)12)8(11)9(13)10(14)15/h2-4,8H,1H3,(H,14,15). The molecule has 0 saturated heterocycles. The van der Waals surface area contributed by atoms with Gasteiger partial charge in [-0.05, 0) is 24.1 Å². The van der Waals surface area contributed by atoms with Crippen molar-refractivity contribution in [1.29, 1.82) is 0 Å². The molecule has 0 radical (unpaired) electrons. The molecule has 0 saturated carbocycles. The van der Waals surface area contributed by atoms with Crippen LogP contribution >= 0.6 is 11.6 Å². The van der Waals surface area contributed by atoms with Gasteiger partial charge in [-0.2, -0.15) is 0 Å². The maximum Gasteiger partial charge on any atom is 0.374 e. The minimum absolute atomic E-state index is 0.146. The number of Topliss-reactive ketones (excluding diaryl/α,β-unsaturated/α-hetero) is 1. The summed E-state index contributed by atoms with van der Waals surface area (Å²) < 4.78 is 13.1. The van der Waals surface area contributed by atoms with Crippen LogP contribution in [0.2, 0.25) is 0 Å². The van der Waals surface area contributed by atoms with E-state index in [4.69, 9.17) is 16.7 Å². The van der Waals surface area contributed by atoms with Crippen molar-refractivity contribution in [3.63, 3.8) is 0 Å². The van der Waals surface area contributed by atoms with Gasteiger partial charge >= 0.3 is 5.97 Å². The van der Waals surface area contributed by atoms with Crippen molar-refractivity contribution in [3.8, 4) is 0 Å². The lowest BCUT2D eigenvalue weighted by Gasteiger charge is -2.06. The summed E-state index contributed by atoms with van der Waals surface area (Å²) in [5, 5.41) is 7.06. The number of ketones is 1. The highest BCUT2D eigenvalue weighted by atomic mass is 35.5. The number of carboxylic acid groups (broad SMARTS) is 1. The molecule has 0 aromatic heterocycles. The van der Waals surface area contributed by atoms with E-state index in [1.165, 1.54) is 12.1 Å². The fourth-order valence-electron chi connectivity index (χ4n) is 1.03. The Morgan fingerprint density at radius 2 is 2.07 bits per heavy atom. The van der Waals surface area contributed by atoms with Gasteiger partial charge < -0.3 is 5.11 Å². The molecule has 1 rings (SSSR count). The Hall–Kier alpha value is -1.42. The monoisotopic (exact) mass is 230 g/mol. The van der Waals surface area contributed by atoms with Crippen LogP contribution in [0.1, 0.15) is 16.5 Å². The summed E-state index contributed by atoms with van der Waals surface area (Å²) in [5.74, 6) is -3.31. The molecule has 1 N–H and O–H groups in total. The molecular weight excluding hydrogens is 223 g/mol. The van der Waals surface area contributed by atoms with Gasteiger partial charge in [0.1, 0.15) is 11.2 Å². The normalized spacial score (nSPS) is 12.2. The summed E-state index contributed by atoms with van der Waals surface area (Å²) in [5.41, 5.74) is 0.553. The van der Waals surface area contributed by atoms with Crippen molar-refractivity contribution in [1.82, 2.24) is 0 Å². The van der Waals surface area contributed by atoms with E-state index in [2.05, 4.69) is 0 Å². The molecule has 5 heteroatoms. The van der Waals surface area contributed by atoms with Crippen molar-refractivity contribution in [2.45, 2.75) is 12.3 Å². The highest BCUT2D eigenvalue weighted by molar-refractivity contribution is 6.47. The van der Waals surface area contributed by atoms with Crippen LogP contribution < -0.4 is 0 Å². The first-order valence-corrected chi connectivity index (χ1v) is 4.54. The van der Waals surface area contributed by atoms with E-state index in [0.29, 0.717) is 5.56 Å². The highest BCUT2D eigenvalue weighted by Gasteiger charge is 2.24. The molecular formula is C10H8ClFO3. The van der Waals surface area contributed by atoms with Gasteiger partial charge in [0.05, 0.1) is 0 Å². The lowest BCUT2D eigenvalue weighted by Crippen LogP contribution is -2.18. The molecule has 0 spiro atoms. The number of hydrogen-bond donors (Lipinski definition) is 1. The number of carboxylic acids is 1. The summed E-state index contributed by atoms with van der Waals surface area (Å²) in [7, 11) is 0. The number of benzene rings is 1. The lowest BCUT2D eigenvalue weighted by molar-refractivity contribution is -0.148. The zero-order chi connectivity index (χ0) is 11.6. The molecule has 1 aromatic rings. The van der Waals surface area contributed by atoms with Crippen molar-refractivity contribution in [3.05, 3.63) is 35.1 Å². The number of alkyl halides is 1. The van der Waals surface area contributed by atoms with Gasteiger partial charge in [0, 0.05) is 0 Å². The lowest BCUT2D eigenvalue weighted by atomic mass is 10.1. The first-order valence-electron chi connectivity index (χ1n) is 4.10. The Morgan fingerprint density at radius 3 is 2.53 bits per heavy atom. The summed E-state index contributed by atoms with van der Waals surface area (Å²) in [6, 6.07) is 3.93. The number of halogens is 2. The van der Waals surface area contributed by atoms with Gasteiger partial charge in [-0.25, -0.2) is 9.18 Å². The van der Waals surface area contributed by atoms with Gasteiger partial charge in [0.25, 0.3) is 5.78 Å². The molecule has 15 heavy (non-hydrogen) atoms. The van der Waals surface area contributed by atoms with Crippen LogP contribution in [0.15, 0.2) is 18.2 Å². The zero-order valence-corrected chi connectivity index (χ0v) is 8.58. The van der Waals surface area contributed by atoms with Gasteiger partial charge in [-0.15, -0.1) is 11.6 Å². The van der Waals surface area contributed by atoms with Crippen LogP contribution in [0.3, 0.4) is 0 Å². The minimum atomic E-state index is -1.63. The Morgan fingerprint density at radius 1 is 1.47 bits per heavy atom. The largest absolute Gasteiger partial charge is 0.475 e. The summed E-state index contributed by atoms with van der Waals surface area (Å²) in [6.07, 6.45) is 0. The Balaban J connectivity index is 3.02. The van der Waals surface area contributed by atoms with Crippen molar-refractivity contribution >= 4 is 23.4 Å². The molecule has 1 aromatic carbocycles. The minimum Gasteiger partial charge on any atom is -0.475 e. The quantitative estimate of drug-likeness (QED) is 0.639. The Kier molecular flexibility index (Phi) is 3.42. The number of aryl methyl sites for hydroxylation is 1. The Labute approximate surface area is 90.5 Å². The SMILES string of the molecule is Cc1ccc(C(Cl)C(=O)C(=O)O)cc1F. The second kappa shape index (κ2) is 4.40. The zero-order valence-electron chi connectivity index (χ0n) is 7.83. The smallest absolute Gasteiger partial charge is 0.374 e. The average Bonchev–Trinajstić information content (AvgIpc) is 2.19. The van der Waals surface area contributed by atoms with E-state index in [-0.39, 0.29) is 5.56 Å². The van der Waals surface area contributed by atoms with E-state index in [9.17, 15) is 14.0 Å². The van der Waals surface area contributed by atoms with Crippen LogP contribution in [0.5, 0.6) is 0 Å². The van der Waals surface area contributed by atoms with Gasteiger partial charge in [0.2, 0.25) is 0 Å². The molecule has 3 nitrogen and oxygen atoms in total. The molecule has 0 amide bonds. The molecule has 0 bridgehead atoms. The Bertz CT molecular complexity index is 417. The van der Waals surface area contributed by atoms with Crippen molar-refractivity contribution in [2.75, 3.05) is 0 Å². The second-order valence-electron chi connectivity index (χ2n) is 3.04. The van der Waals surface area contributed by atoms with E-state index in [0.717, 1.165) is 6.07 Å². The first kappa shape index (κ1) is 11.7. The molecule has 0 aliphatic rings. The highest BCUT2D eigenvalue weighted by Crippen LogP contribution is 2.23. The third-order valence-electron chi connectivity index (χ3n) is 1.93. The van der Waals surface area contributed by atoms with Gasteiger partial charge in [-0.3, -0.25) is 4.79 Å². The molecule has 0 aliphatic heterocycles. The molecule has 80 valence electrons. The fraction of sp³-hybridized carbons (Fsp3) is 0.200. The number of aliphatic carboxylic acids is 1. The van der Waals surface area contributed by atoms with Crippen LogP contribution in [0, 0.1) is 12.7 Å². The van der Waals surface area contributed by atoms with E-state index < -0.39 is 22.9 Å². The topological polar surface area (TPSA) is 54.4 Å². The van der Waals surface area contributed by atoms with Crippen molar-refractivity contribution in [2.24, 2.45) is 0 Å². The second-order valence-corrected chi connectivity index (χ2v) is 3.48. The van der Waals surface area contributed by atoms with Gasteiger partial charge in [0.15, 0.2) is 0 Å². The molecule has 1 unspecified atom stereocenters. The number of carbonyl (C=O) groups excluding carboxylic acids is 1. The predicted octanol–water partition coefficient (Wildman–Crippen LogP) is 2.07. The third kappa shape index (κ3) is 2.53. The number of carbonyl (C=O) groups is 2. The first-order chi connectivity index (χ1) is 6.93. The fourth-order valence-corrected chi connectivity index (χ4v) is 1.26. The van der Waals surface area contributed by atoms with E-state index in [1.54, 1.807) is 6.92 Å². The predicted molar refractivity (Wildman–Crippen MR) is 52.4 cm³/mol. The summed E-state index contributed by atoms with van der Waals surface area (Å²) >= 11 is 5.58. The molecule has 1 atom stereocenters. The summed E-state index contributed by atoms with van der Waals surface area (Å²) in [6.45, 7) is 1.56. The average molecular weight is 231 g/mol. The maximum absolute atomic E-state index is 13.1. The van der Waals surface area contributed by atoms with Crippen LogP contribution in [-0.4, -0.2) is 16.9 Å². The van der Waals surface area contributed by atoms with Gasteiger partial charge in [-0.1, -0.05) is 12.1 Å². The molecule has 0 fully saturated rings. The molecule has 0 aliphatic carbocycles. The summed E-state index contributed by atoms with van der Waals surface area (Å²) in [4.78, 5) is 21.3. The van der Waals surface area contributed by atoms with Crippen molar-refractivity contribution < 1.29 is 19.1 Å². The van der Waals surface area contributed by atoms with E-state index in [1.807, 2.05) is 0 Å². The number of rotatable bonds is 3. The number of hydrogen-bond acceptors (Lipinski definition) is 2. The maximum atomic E-state index is 13.1. The third-order valence-corrected chi connectivity index (χ3v) is 2.38. The van der Waals surface area contributed by atoms with Crippen LogP contribution in [0.4, 0.5) is 4.39 Å². The van der Waals surface area contributed by atoms with Crippen LogP contribution in [0.25, 0.3) is 0 Å². The molecule has 0 heterocycles.